The average molecular weight is 193 g/mol. The second-order valence-corrected chi connectivity index (χ2v) is 4.32. The van der Waals surface area contributed by atoms with Gasteiger partial charge < -0.3 is 15.6 Å². The van der Waals surface area contributed by atoms with Crippen molar-refractivity contribution in [1.82, 2.24) is 0 Å². The zero-order valence-corrected chi connectivity index (χ0v) is 8.69. The van der Waals surface area contributed by atoms with Crippen molar-refractivity contribution >= 4 is 11.8 Å². The molecule has 0 saturated carbocycles. The Morgan fingerprint density at radius 3 is 2.75 bits per heavy atom. The Bertz CT molecular complexity index is 109. The van der Waals surface area contributed by atoms with Crippen LogP contribution in [-0.2, 0) is 4.74 Å². The Morgan fingerprint density at radius 2 is 2.25 bits per heavy atom. The molecule has 0 aromatic heterocycles. The van der Waals surface area contributed by atoms with E-state index in [0.717, 1.165) is 24.5 Å². The summed E-state index contributed by atoms with van der Waals surface area (Å²) in [6, 6.07) is 0. The van der Waals surface area contributed by atoms with E-state index in [2.05, 4.69) is 0 Å². The van der Waals surface area contributed by atoms with E-state index < -0.39 is 5.54 Å². The third kappa shape index (κ3) is 6.91. The molecule has 0 aromatic rings. The predicted molar refractivity (Wildman–Crippen MR) is 53.5 cm³/mol. The number of nitrogens with two attached hydrogens (primary N) is 1. The van der Waals surface area contributed by atoms with E-state index in [0.29, 0.717) is 0 Å². The molecule has 3 N–H and O–H groups in total. The lowest BCUT2D eigenvalue weighted by molar-refractivity contribution is 0.200. The van der Waals surface area contributed by atoms with Crippen LogP contribution >= 0.6 is 11.8 Å². The Kier molecular flexibility index (Phi) is 6.84. The summed E-state index contributed by atoms with van der Waals surface area (Å²) in [6.45, 7) is 2.70. The molecule has 74 valence electrons. The van der Waals surface area contributed by atoms with Gasteiger partial charge in [-0.05, 0) is 19.1 Å². The van der Waals surface area contributed by atoms with Gasteiger partial charge in [-0.25, -0.2) is 0 Å². The minimum atomic E-state index is -0.433. The number of aliphatic hydroxyl groups is 1. The third-order valence-corrected chi connectivity index (χ3v) is 2.87. The largest absolute Gasteiger partial charge is 0.394 e. The van der Waals surface area contributed by atoms with Gasteiger partial charge in [-0.2, -0.15) is 11.8 Å². The molecule has 0 spiro atoms. The number of hydrogen-bond donors (Lipinski definition) is 2. The molecule has 3 nitrogen and oxygen atoms in total. The molecule has 0 aromatic carbocycles. The zero-order chi connectivity index (χ0) is 9.45. The molecule has 12 heavy (non-hydrogen) atoms. The minimum absolute atomic E-state index is 0.0459. The summed E-state index contributed by atoms with van der Waals surface area (Å²) in [5.74, 6) is 1.84. The normalized spacial score (nSPS) is 16.0. The molecule has 0 fully saturated rings. The fraction of sp³-hybridized carbons (Fsp3) is 1.00. The van der Waals surface area contributed by atoms with Gasteiger partial charge in [-0.3, -0.25) is 0 Å². The summed E-state index contributed by atoms with van der Waals surface area (Å²) in [7, 11) is 1.70. The first kappa shape index (κ1) is 12.2. The number of ether oxygens (including phenoxy) is 1. The Balaban J connectivity index is 3.19. The van der Waals surface area contributed by atoms with Gasteiger partial charge in [0.2, 0.25) is 0 Å². The van der Waals surface area contributed by atoms with E-state index in [1.165, 1.54) is 0 Å². The number of aliphatic hydroxyl groups excluding tert-OH is 1. The molecule has 0 amide bonds. The number of rotatable bonds is 7. The van der Waals surface area contributed by atoms with E-state index in [-0.39, 0.29) is 6.61 Å². The highest BCUT2D eigenvalue weighted by atomic mass is 32.2. The quantitative estimate of drug-likeness (QED) is 0.577. The van der Waals surface area contributed by atoms with Crippen LogP contribution in [-0.4, -0.2) is 42.5 Å². The molecule has 0 aliphatic carbocycles. The Hall–Kier alpha value is 0.230. The molecule has 0 bridgehead atoms. The van der Waals surface area contributed by atoms with Crippen LogP contribution in [0, 0.1) is 0 Å². The van der Waals surface area contributed by atoms with E-state index in [1.807, 2.05) is 6.92 Å². The zero-order valence-electron chi connectivity index (χ0n) is 7.88. The van der Waals surface area contributed by atoms with E-state index in [4.69, 9.17) is 15.6 Å². The molecule has 0 radical (unpaired) electrons. The van der Waals surface area contributed by atoms with Gasteiger partial charge in [0.05, 0.1) is 6.61 Å². The summed E-state index contributed by atoms with van der Waals surface area (Å²) < 4.78 is 4.91. The molecule has 0 aliphatic rings. The number of thioether (sulfide) groups is 1. The molecular formula is C8H19NO2S. The van der Waals surface area contributed by atoms with Crippen molar-refractivity contribution in [2.75, 3.05) is 31.8 Å². The minimum Gasteiger partial charge on any atom is -0.394 e. The fourth-order valence-corrected chi connectivity index (χ4v) is 1.68. The number of methoxy groups -OCH3 is 1. The first-order chi connectivity index (χ1) is 5.62. The van der Waals surface area contributed by atoms with Crippen LogP contribution in [0.1, 0.15) is 13.3 Å². The lowest BCUT2D eigenvalue weighted by Gasteiger charge is -2.20. The predicted octanol–water partition coefficient (Wildman–Crippen LogP) is 0.466. The third-order valence-electron chi connectivity index (χ3n) is 1.43. The SMILES string of the molecule is COCCCSCC(C)(N)CO. The standard InChI is InChI=1S/C8H19NO2S/c1-8(9,6-10)7-12-5-3-4-11-2/h10H,3-7,9H2,1-2H3. The highest BCUT2D eigenvalue weighted by molar-refractivity contribution is 7.99. The maximum atomic E-state index is 8.83. The first-order valence-electron chi connectivity index (χ1n) is 4.09. The van der Waals surface area contributed by atoms with Crippen LogP contribution < -0.4 is 5.73 Å². The van der Waals surface area contributed by atoms with Gasteiger partial charge in [-0.1, -0.05) is 0 Å². The van der Waals surface area contributed by atoms with Crippen molar-refractivity contribution < 1.29 is 9.84 Å². The van der Waals surface area contributed by atoms with Gasteiger partial charge >= 0.3 is 0 Å². The average Bonchev–Trinajstić information content (AvgIpc) is 2.04. The van der Waals surface area contributed by atoms with Gasteiger partial charge in [0.1, 0.15) is 0 Å². The van der Waals surface area contributed by atoms with E-state index >= 15 is 0 Å². The Labute approximate surface area is 78.7 Å². The van der Waals surface area contributed by atoms with Crippen LogP contribution in [0.15, 0.2) is 0 Å². The molecule has 0 heterocycles. The number of hydrogen-bond acceptors (Lipinski definition) is 4. The summed E-state index contributed by atoms with van der Waals surface area (Å²) in [5.41, 5.74) is 5.30. The lowest BCUT2D eigenvalue weighted by atomic mass is 10.1. The van der Waals surface area contributed by atoms with Crippen LogP contribution in [0.5, 0.6) is 0 Å². The lowest BCUT2D eigenvalue weighted by Crippen LogP contribution is -2.42. The van der Waals surface area contributed by atoms with Crippen LogP contribution in [0.25, 0.3) is 0 Å². The summed E-state index contributed by atoms with van der Waals surface area (Å²) in [4.78, 5) is 0. The highest BCUT2D eigenvalue weighted by Crippen LogP contribution is 2.10. The maximum absolute atomic E-state index is 8.83. The second kappa shape index (κ2) is 6.71. The smallest absolute Gasteiger partial charge is 0.0616 e. The summed E-state index contributed by atoms with van der Waals surface area (Å²) in [6.07, 6.45) is 1.04. The maximum Gasteiger partial charge on any atom is 0.0616 e. The molecule has 0 rings (SSSR count). The topological polar surface area (TPSA) is 55.5 Å². The monoisotopic (exact) mass is 193 g/mol. The molecule has 4 heteroatoms. The van der Waals surface area contributed by atoms with Crippen molar-refractivity contribution in [1.29, 1.82) is 0 Å². The van der Waals surface area contributed by atoms with E-state index in [1.54, 1.807) is 18.9 Å². The van der Waals surface area contributed by atoms with Gasteiger partial charge in [0.25, 0.3) is 0 Å². The molecular weight excluding hydrogens is 174 g/mol. The second-order valence-electron chi connectivity index (χ2n) is 3.21. The van der Waals surface area contributed by atoms with Crippen molar-refractivity contribution in [3.05, 3.63) is 0 Å². The van der Waals surface area contributed by atoms with E-state index in [9.17, 15) is 0 Å². The van der Waals surface area contributed by atoms with Crippen LogP contribution in [0.3, 0.4) is 0 Å². The molecule has 1 unspecified atom stereocenters. The van der Waals surface area contributed by atoms with Crippen LogP contribution in [0.2, 0.25) is 0 Å². The molecule has 0 aliphatic heterocycles. The summed E-state index contributed by atoms with van der Waals surface area (Å²) in [5, 5.41) is 8.83. The Morgan fingerprint density at radius 1 is 1.58 bits per heavy atom. The molecule has 0 saturated heterocycles. The van der Waals surface area contributed by atoms with Crippen molar-refractivity contribution in [2.45, 2.75) is 18.9 Å². The van der Waals surface area contributed by atoms with Gasteiger partial charge in [0, 0.05) is 25.0 Å². The molecule has 1 atom stereocenters. The van der Waals surface area contributed by atoms with Crippen LogP contribution in [0.4, 0.5) is 0 Å². The van der Waals surface area contributed by atoms with Gasteiger partial charge in [-0.15, -0.1) is 0 Å². The first-order valence-corrected chi connectivity index (χ1v) is 5.24. The van der Waals surface area contributed by atoms with Crippen molar-refractivity contribution in [2.24, 2.45) is 5.73 Å². The van der Waals surface area contributed by atoms with Crippen molar-refractivity contribution in [3.63, 3.8) is 0 Å². The van der Waals surface area contributed by atoms with Gasteiger partial charge in [0.15, 0.2) is 0 Å². The van der Waals surface area contributed by atoms with Crippen molar-refractivity contribution in [3.8, 4) is 0 Å². The highest BCUT2D eigenvalue weighted by Gasteiger charge is 2.15. The summed E-state index contributed by atoms with van der Waals surface area (Å²) >= 11 is 1.76. The fourth-order valence-electron chi connectivity index (χ4n) is 0.656.